The van der Waals surface area contributed by atoms with Gasteiger partial charge in [-0.15, -0.1) is 0 Å². The normalized spacial score (nSPS) is 10.6. The zero-order valence-electron chi connectivity index (χ0n) is 18.4. The summed E-state index contributed by atoms with van der Waals surface area (Å²) in [7, 11) is 1.61. The summed E-state index contributed by atoms with van der Waals surface area (Å²) in [6, 6.07) is 27.4. The summed E-state index contributed by atoms with van der Waals surface area (Å²) in [5, 5.41) is 6.58. The highest BCUT2D eigenvalue weighted by atomic mass is 32.2. The fraction of sp³-hybridized carbons (Fsp3) is 0.154. The van der Waals surface area contributed by atoms with Crippen molar-refractivity contribution in [3.63, 3.8) is 0 Å². The van der Waals surface area contributed by atoms with Gasteiger partial charge in [-0.25, -0.2) is 9.78 Å². The van der Waals surface area contributed by atoms with Gasteiger partial charge in [-0.2, -0.15) is 0 Å². The summed E-state index contributed by atoms with van der Waals surface area (Å²) < 4.78 is 5.12. The third-order valence-electron chi connectivity index (χ3n) is 4.99. The van der Waals surface area contributed by atoms with Gasteiger partial charge in [0.25, 0.3) is 0 Å². The van der Waals surface area contributed by atoms with Crippen molar-refractivity contribution in [1.29, 1.82) is 0 Å². The standard InChI is InChI=1S/C26H26N4O2S/c1-32-22-15-13-21(14-16-22)28-25(31)27-17-8-18-33-26-29-23(19-9-4-2-5-10-19)24(30-26)20-11-6-3-7-12-20/h2-7,9-16H,8,17-18H2,1H3,(H,29,30)(H2,27,28,31). The quantitative estimate of drug-likeness (QED) is 0.211. The number of anilines is 1. The Morgan fingerprint density at radius 2 is 1.61 bits per heavy atom. The van der Waals surface area contributed by atoms with E-state index in [-0.39, 0.29) is 6.03 Å². The molecule has 0 bridgehead atoms. The third kappa shape index (κ3) is 6.17. The number of thioether (sulfide) groups is 1. The van der Waals surface area contributed by atoms with Gasteiger partial charge < -0.3 is 20.4 Å². The number of rotatable bonds is 9. The van der Waals surface area contributed by atoms with Gasteiger partial charge in [-0.3, -0.25) is 0 Å². The fourth-order valence-corrected chi connectivity index (χ4v) is 4.14. The van der Waals surface area contributed by atoms with Gasteiger partial charge in [0.2, 0.25) is 0 Å². The largest absolute Gasteiger partial charge is 0.497 e. The number of amides is 2. The Kier molecular flexibility index (Phi) is 7.66. The SMILES string of the molecule is COc1ccc(NC(=O)NCCCSc2nc(-c3ccccc3)c(-c3ccccc3)[nH]2)cc1. The number of imidazole rings is 1. The maximum absolute atomic E-state index is 12.1. The molecular formula is C26H26N4O2S. The van der Waals surface area contributed by atoms with Gasteiger partial charge in [-0.1, -0.05) is 72.4 Å². The fourth-order valence-electron chi connectivity index (χ4n) is 3.33. The van der Waals surface area contributed by atoms with Crippen molar-refractivity contribution >= 4 is 23.5 Å². The van der Waals surface area contributed by atoms with Crippen molar-refractivity contribution in [2.45, 2.75) is 11.6 Å². The summed E-state index contributed by atoms with van der Waals surface area (Å²) in [6.45, 7) is 0.576. The van der Waals surface area contributed by atoms with E-state index >= 15 is 0 Å². The van der Waals surface area contributed by atoms with Gasteiger partial charge in [0.1, 0.15) is 5.75 Å². The molecule has 3 aromatic carbocycles. The van der Waals surface area contributed by atoms with E-state index in [1.54, 1.807) is 31.0 Å². The topological polar surface area (TPSA) is 79.0 Å². The predicted octanol–water partition coefficient (Wildman–Crippen LogP) is 6.06. The van der Waals surface area contributed by atoms with Crippen LogP contribution in [0.2, 0.25) is 0 Å². The number of ether oxygens (including phenoxy) is 1. The number of carbonyl (C=O) groups excluding carboxylic acids is 1. The van der Waals surface area contributed by atoms with Crippen molar-refractivity contribution in [2.24, 2.45) is 0 Å². The van der Waals surface area contributed by atoms with Crippen molar-refractivity contribution in [1.82, 2.24) is 15.3 Å². The monoisotopic (exact) mass is 458 g/mol. The molecule has 168 valence electrons. The van der Waals surface area contributed by atoms with Crippen molar-refractivity contribution in [3.8, 4) is 28.3 Å². The molecule has 3 N–H and O–H groups in total. The first kappa shape index (κ1) is 22.5. The summed E-state index contributed by atoms with van der Waals surface area (Å²) >= 11 is 1.65. The first-order chi connectivity index (χ1) is 16.2. The van der Waals surface area contributed by atoms with Crippen LogP contribution in [-0.4, -0.2) is 35.4 Å². The van der Waals surface area contributed by atoms with E-state index in [1.807, 2.05) is 48.5 Å². The predicted molar refractivity (Wildman–Crippen MR) is 135 cm³/mol. The molecule has 0 aliphatic carbocycles. The Morgan fingerprint density at radius 3 is 2.27 bits per heavy atom. The molecule has 0 spiro atoms. The average Bonchev–Trinajstić information content (AvgIpc) is 3.30. The Balaban J connectivity index is 1.30. The number of H-pyrrole nitrogens is 1. The minimum atomic E-state index is -0.221. The average molecular weight is 459 g/mol. The molecule has 4 rings (SSSR count). The lowest BCUT2D eigenvalue weighted by Crippen LogP contribution is -2.29. The van der Waals surface area contributed by atoms with Crippen LogP contribution in [0.1, 0.15) is 6.42 Å². The number of aromatic nitrogens is 2. The highest BCUT2D eigenvalue weighted by Gasteiger charge is 2.14. The van der Waals surface area contributed by atoms with Gasteiger partial charge in [0.15, 0.2) is 5.16 Å². The third-order valence-corrected chi connectivity index (χ3v) is 5.94. The molecule has 1 aromatic heterocycles. The zero-order valence-corrected chi connectivity index (χ0v) is 19.2. The number of nitrogens with zero attached hydrogens (tertiary/aromatic N) is 1. The Labute approximate surface area is 197 Å². The van der Waals surface area contributed by atoms with E-state index in [4.69, 9.17) is 9.72 Å². The maximum Gasteiger partial charge on any atom is 0.319 e. The second-order valence-corrected chi connectivity index (χ2v) is 8.39. The lowest BCUT2D eigenvalue weighted by Gasteiger charge is -2.08. The van der Waals surface area contributed by atoms with Crippen LogP contribution < -0.4 is 15.4 Å². The molecule has 0 atom stereocenters. The van der Waals surface area contributed by atoms with Crippen LogP contribution in [0.4, 0.5) is 10.5 Å². The van der Waals surface area contributed by atoms with Crippen LogP contribution >= 0.6 is 11.8 Å². The van der Waals surface area contributed by atoms with Crippen LogP contribution in [-0.2, 0) is 0 Å². The number of nitrogens with one attached hydrogen (secondary N) is 3. The van der Waals surface area contributed by atoms with Crippen LogP contribution in [0.3, 0.4) is 0 Å². The summed E-state index contributed by atoms with van der Waals surface area (Å²) in [5.41, 5.74) is 4.87. The number of aromatic amines is 1. The molecular weight excluding hydrogens is 432 g/mol. The first-order valence-electron chi connectivity index (χ1n) is 10.8. The minimum absolute atomic E-state index is 0.221. The number of benzene rings is 3. The molecule has 6 nitrogen and oxygen atoms in total. The number of hydrogen-bond acceptors (Lipinski definition) is 4. The maximum atomic E-state index is 12.1. The molecule has 0 saturated heterocycles. The minimum Gasteiger partial charge on any atom is -0.497 e. The summed E-state index contributed by atoms with van der Waals surface area (Å²) in [4.78, 5) is 20.4. The molecule has 4 aromatic rings. The number of urea groups is 1. The molecule has 0 fully saturated rings. The van der Waals surface area contributed by atoms with E-state index < -0.39 is 0 Å². The van der Waals surface area contributed by atoms with E-state index in [9.17, 15) is 4.79 Å². The molecule has 33 heavy (non-hydrogen) atoms. The van der Waals surface area contributed by atoms with Crippen LogP contribution in [0.15, 0.2) is 90.1 Å². The van der Waals surface area contributed by atoms with E-state index in [1.165, 1.54) is 0 Å². The van der Waals surface area contributed by atoms with Gasteiger partial charge in [0.05, 0.1) is 18.5 Å². The number of carbonyl (C=O) groups is 1. The van der Waals surface area contributed by atoms with Gasteiger partial charge >= 0.3 is 6.03 Å². The van der Waals surface area contributed by atoms with E-state index in [0.29, 0.717) is 6.54 Å². The van der Waals surface area contributed by atoms with Gasteiger partial charge in [-0.05, 0) is 30.7 Å². The van der Waals surface area contributed by atoms with Crippen LogP contribution in [0, 0.1) is 0 Å². The second-order valence-electron chi connectivity index (χ2n) is 7.31. The molecule has 2 amide bonds. The van der Waals surface area contributed by atoms with Crippen LogP contribution in [0.5, 0.6) is 5.75 Å². The van der Waals surface area contributed by atoms with E-state index in [0.717, 1.165) is 51.3 Å². The molecule has 0 saturated carbocycles. The zero-order chi connectivity index (χ0) is 22.9. The smallest absolute Gasteiger partial charge is 0.319 e. The van der Waals surface area contributed by atoms with E-state index in [2.05, 4.69) is 39.9 Å². The highest BCUT2D eigenvalue weighted by Crippen LogP contribution is 2.32. The van der Waals surface area contributed by atoms with Crippen LogP contribution in [0.25, 0.3) is 22.5 Å². The Hall–Kier alpha value is -3.71. The molecule has 0 unspecified atom stereocenters. The number of methoxy groups -OCH3 is 1. The Bertz CT molecular complexity index is 1110. The first-order valence-corrected chi connectivity index (χ1v) is 11.7. The summed E-state index contributed by atoms with van der Waals surface area (Å²) in [5.74, 6) is 1.58. The lowest BCUT2D eigenvalue weighted by atomic mass is 10.1. The molecule has 0 aliphatic heterocycles. The molecule has 7 heteroatoms. The number of hydrogen-bond donors (Lipinski definition) is 3. The lowest BCUT2D eigenvalue weighted by molar-refractivity contribution is 0.252. The molecule has 1 heterocycles. The Morgan fingerprint density at radius 1 is 0.939 bits per heavy atom. The summed E-state index contributed by atoms with van der Waals surface area (Å²) in [6.07, 6.45) is 0.822. The van der Waals surface area contributed by atoms with Crippen molar-refractivity contribution < 1.29 is 9.53 Å². The molecule has 0 aliphatic rings. The molecule has 0 radical (unpaired) electrons. The van der Waals surface area contributed by atoms with Gasteiger partial charge in [0, 0.05) is 29.1 Å². The highest BCUT2D eigenvalue weighted by molar-refractivity contribution is 7.99. The van der Waals surface area contributed by atoms with Crippen molar-refractivity contribution in [2.75, 3.05) is 24.7 Å². The van der Waals surface area contributed by atoms with Crippen molar-refractivity contribution in [3.05, 3.63) is 84.9 Å². The second kappa shape index (κ2) is 11.2.